The maximum absolute atomic E-state index is 13.8. The van der Waals surface area contributed by atoms with Crippen molar-refractivity contribution in [3.63, 3.8) is 0 Å². The lowest BCUT2D eigenvalue weighted by molar-refractivity contribution is -0.193. The molecule has 1 amide bonds. The summed E-state index contributed by atoms with van der Waals surface area (Å²) in [6, 6.07) is 2.39. The summed E-state index contributed by atoms with van der Waals surface area (Å²) in [6.07, 6.45) is -11.6. The zero-order chi connectivity index (χ0) is 27.7. The molecule has 1 atom stereocenters. The Morgan fingerprint density at radius 1 is 1.08 bits per heavy atom. The average molecular weight is 539 g/mol. The summed E-state index contributed by atoms with van der Waals surface area (Å²) in [5.74, 6) is -7.23. The number of rotatable bonds is 5. The minimum atomic E-state index is -5.61. The predicted octanol–water partition coefficient (Wildman–Crippen LogP) is 3.47. The maximum atomic E-state index is 13.8. The number of hydrogen-bond acceptors (Lipinski definition) is 6. The van der Waals surface area contributed by atoms with Gasteiger partial charge in [0.25, 0.3) is 0 Å². The molecular formula is C22H17F8N3O4. The highest BCUT2D eigenvalue weighted by Crippen LogP contribution is 2.34. The summed E-state index contributed by atoms with van der Waals surface area (Å²) < 4.78 is 108. The smallest absolute Gasteiger partial charge is 0.383 e. The number of carbonyl (C=O) groups excluding carboxylic acids is 3. The van der Waals surface area contributed by atoms with Crippen LogP contribution in [0.4, 0.5) is 35.1 Å². The van der Waals surface area contributed by atoms with Crippen LogP contribution in [0.3, 0.4) is 0 Å². The maximum Gasteiger partial charge on any atom is 0.491 e. The van der Waals surface area contributed by atoms with E-state index in [-0.39, 0.29) is 42.6 Å². The number of halogens is 8. The third-order valence-electron chi connectivity index (χ3n) is 5.37. The van der Waals surface area contributed by atoms with Crippen molar-refractivity contribution in [2.75, 3.05) is 6.54 Å². The number of nitrogens with two attached hydrogens (primary N) is 1. The number of nitrogens with zero attached hydrogens (tertiary/aromatic N) is 2. The highest BCUT2D eigenvalue weighted by Gasteiger charge is 2.45. The van der Waals surface area contributed by atoms with Crippen molar-refractivity contribution in [3.8, 4) is 0 Å². The molecule has 2 N–H and O–H groups in total. The van der Waals surface area contributed by atoms with Crippen LogP contribution in [0.25, 0.3) is 0 Å². The van der Waals surface area contributed by atoms with Crippen molar-refractivity contribution < 1.29 is 54.2 Å². The molecule has 15 heteroatoms. The molecule has 2 heterocycles. The van der Waals surface area contributed by atoms with Gasteiger partial charge in [-0.05, 0) is 48.2 Å². The Kier molecular flexibility index (Phi) is 7.86. The number of hydrogen-bond donors (Lipinski definition) is 1. The Morgan fingerprint density at radius 2 is 1.76 bits per heavy atom. The topological polar surface area (TPSA) is 103 Å². The van der Waals surface area contributed by atoms with E-state index in [1.165, 1.54) is 0 Å². The van der Waals surface area contributed by atoms with Crippen LogP contribution in [-0.2, 0) is 39.9 Å². The quantitative estimate of drug-likeness (QED) is 0.355. The van der Waals surface area contributed by atoms with Gasteiger partial charge in [0.2, 0.25) is 5.91 Å². The number of aromatic nitrogens is 1. The Balaban J connectivity index is 1.77. The average Bonchev–Trinajstić information content (AvgIpc) is 2.78. The monoisotopic (exact) mass is 539 g/mol. The van der Waals surface area contributed by atoms with E-state index in [0.717, 1.165) is 23.1 Å². The van der Waals surface area contributed by atoms with E-state index in [9.17, 15) is 49.5 Å². The van der Waals surface area contributed by atoms with Gasteiger partial charge < -0.3 is 15.4 Å². The number of carbonyl (C=O) groups is 3. The van der Waals surface area contributed by atoms with Gasteiger partial charge in [-0.1, -0.05) is 0 Å². The number of amides is 1. The fourth-order valence-electron chi connectivity index (χ4n) is 3.65. The second-order valence-electron chi connectivity index (χ2n) is 8.13. The van der Waals surface area contributed by atoms with Crippen molar-refractivity contribution in [2.45, 2.75) is 44.2 Å². The van der Waals surface area contributed by atoms with Crippen LogP contribution in [0, 0.1) is 11.6 Å². The zero-order valence-electron chi connectivity index (χ0n) is 18.6. The van der Waals surface area contributed by atoms with Gasteiger partial charge >= 0.3 is 24.3 Å². The molecule has 0 unspecified atom stereocenters. The van der Waals surface area contributed by atoms with Crippen molar-refractivity contribution in [3.05, 3.63) is 64.0 Å². The first-order valence-corrected chi connectivity index (χ1v) is 10.5. The molecule has 3 rings (SSSR count). The largest absolute Gasteiger partial charge is 0.491 e. The molecule has 0 saturated heterocycles. The Hall–Kier alpha value is -3.62. The molecule has 0 saturated carbocycles. The van der Waals surface area contributed by atoms with Crippen molar-refractivity contribution in [1.82, 2.24) is 9.88 Å². The van der Waals surface area contributed by atoms with E-state index < -0.39 is 65.7 Å². The number of esters is 2. The predicted molar refractivity (Wildman–Crippen MR) is 107 cm³/mol. The van der Waals surface area contributed by atoms with Gasteiger partial charge in [-0.2, -0.15) is 26.3 Å². The summed E-state index contributed by atoms with van der Waals surface area (Å²) in [5.41, 5.74) is 2.27. The zero-order valence-corrected chi connectivity index (χ0v) is 18.6. The minimum absolute atomic E-state index is 0.0228. The first-order chi connectivity index (χ1) is 17.1. The minimum Gasteiger partial charge on any atom is -0.383 e. The second-order valence-corrected chi connectivity index (χ2v) is 8.13. The van der Waals surface area contributed by atoms with E-state index in [1.807, 2.05) is 0 Å². The van der Waals surface area contributed by atoms with Crippen LogP contribution in [-0.4, -0.2) is 46.5 Å². The van der Waals surface area contributed by atoms with Crippen LogP contribution >= 0.6 is 0 Å². The Morgan fingerprint density at radius 3 is 2.38 bits per heavy atom. The number of pyridine rings is 1. The van der Waals surface area contributed by atoms with Crippen molar-refractivity contribution >= 4 is 17.8 Å². The van der Waals surface area contributed by atoms with Gasteiger partial charge in [-0.15, -0.1) is 0 Å². The molecule has 0 radical (unpaired) electrons. The normalized spacial score (nSPS) is 14.7. The number of ether oxygens (including phenoxy) is 1. The molecule has 1 aliphatic heterocycles. The number of alkyl halides is 6. The summed E-state index contributed by atoms with van der Waals surface area (Å²) in [5, 5.41) is 0. The van der Waals surface area contributed by atoms with E-state index in [4.69, 9.17) is 5.73 Å². The number of fused-ring (bicyclic) bond motifs is 1. The van der Waals surface area contributed by atoms with Crippen molar-refractivity contribution in [1.29, 1.82) is 0 Å². The van der Waals surface area contributed by atoms with Crippen LogP contribution < -0.4 is 5.73 Å². The lowest BCUT2D eigenvalue weighted by Crippen LogP contribution is -2.40. The summed E-state index contributed by atoms with van der Waals surface area (Å²) in [7, 11) is 0. The van der Waals surface area contributed by atoms with E-state index in [0.29, 0.717) is 6.07 Å². The van der Waals surface area contributed by atoms with Crippen LogP contribution in [0.1, 0.15) is 39.3 Å². The van der Waals surface area contributed by atoms with E-state index in [2.05, 4.69) is 9.72 Å². The molecule has 1 aromatic heterocycles. The summed E-state index contributed by atoms with van der Waals surface area (Å²) in [6.45, 7) is -0.523. The molecule has 0 fully saturated rings. The summed E-state index contributed by atoms with van der Waals surface area (Å²) in [4.78, 5) is 39.9. The van der Waals surface area contributed by atoms with E-state index in [1.54, 1.807) is 0 Å². The third kappa shape index (κ3) is 6.78. The van der Waals surface area contributed by atoms with Gasteiger partial charge in [0, 0.05) is 19.0 Å². The molecule has 0 bridgehead atoms. The van der Waals surface area contributed by atoms with Crippen molar-refractivity contribution in [2.24, 2.45) is 5.73 Å². The molecule has 200 valence electrons. The first kappa shape index (κ1) is 28.0. The molecular weight excluding hydrogens is 522 g/mol. The van der Waals surface area contributed by atoms with Gasteiger partial charge in [-0.3, -0.25) is 4.79 Å². The summed E-state index contributed by atoms with van der Waals surface area (Å²) >= 11 is 0. The van der Waals surface area contributed by atoms with Crippen LogP contribution in [0.5, 0.6) is 0 Å². The fourth-order valence-corrected chi connectivity index (χ4v) is 3.65. The highest BCUT2D eigenvalue weighted by molar-refractivity contribution is 5.99. The van der Waals surface area contributed by atoms with Crippen LogP contribution in [0.2, 0.25) is 0 Å². The third-order valence-corrected chi connectivity index (χ3v) is 5.37. The molecule has 0 aliphatic carbocycles. The van der Waals surface area contributed by atoms with Gasteiger partial charge in [0.05, 0.1) is 17.8 Å². The van der Waals surface area contributed by atoms with E-state index >= 15 is 0 Å². The van der Waals surface area contributed by atoms with Gasteiger partial charge in [0.1, 0.15) is 11.6 Å². The molecule has 7 nitrogen and oxygen atoms in total. The molecule has 1 aliphatic rings. The van der Waals surface area contributed by atoms with Gasteiger partial charge in [-0.25, -0.2) is 23.4 Å². The first-order valence-electron chi connectivity index (χ1n) is 10.5. The SMILES string of the molecule is N[C@@H](CC(=O)N1CCc2cc(C(=O)OC(=O)C(F)(F)F)c(C(F)(F)F)nc2C1)Cc1cc(F)ccc1F. The number of benzene rings is 1. The lowest BCUT2D eigenvalue weighted by atomic mass is 9.99. The fraction of sp³-hybridized carbons (Fsp3) is 0.364. The molecule has 37 heavy (non-hydrogen) atoms. The Labute approximate surface area is 203 Å². The van der Waals surface area contributed by atoms with Gasteiger partial charge in [0.15, 0.2) is 5.69 Å². The standard InChI is InChI=1S/C22H17F8N3O4/c23-12-1-2-15(24)11(5-12)6-13(31)8-17(34)33-4-3-10-7-14(19(35)37-20(36)22(28,29)30)18(21(25,26)27)32-16(10)9-33/h1-2,5,7,13H,3-4,6,8-9,31H2/t13-/m1/s1. The highest BCUT2D eigenvalue weighted by atomic mass is 19.4. The lowest BCUT2D eigenvalue weighted by Gasteiger charge is -2.30. The Bertz CT molecular complexity index is 1230. The second kappa shape index (κ2) is 10.4. The molecule has 0 spiro atoms. The molecule has 1 aromatic carbocycles. The van der Waals surface area contributed by atoms with Crippen LogP contribution in [0.15, 0.2) is 24.3 Å². The molecule has 2 aromatic rings.